The summed E-state index contributed by atoms with van der Waals surface area (Å²) in [5, 5.41) is 0. The van der Waals surface area contributed by atoms with E-state index in [0.717, 1.165) is 70.6 Å². The van der Waals surface area contributed by atoms with Gasteiger partial charge < -0.3 is 9.80 Å². The molecule has 1 unspecified atom stereocenters. The highest BCUT2D eigenvalue weighted by Gasteiger charge is 2.30. The van der Waals surface area contributed by atoms with Gasteiger partial charge in [0.1, 0.15) is 0 Å². The highest BCUT2D eigenvalue weighted by Crippen LogP contribution is 2.37. The smallest absolute Gasteiger partial charge is 0.369 e. The zero-order valence-electron chi connectivity index (χ0n) is 23.6. The lowest BCUT2D eigenvalue weighted by molar-refractivity contribution is -0.137. The number of piperazine rings is 1. The summed E-state index contributed by atoms with van der Waals surface area (Å²) in [6, 6.07) is 15.6. The molecule has 0 radical (unpaired) electrons. The van der Waals surface area contributed by atoms with Gasteiger partial charge in [-0.1, -0.05) is 52.0 Å². The van der Waals surface area contributed by atoms with Crippen molar-refractivity contribution in [1.29, 1.82) is 0 Å². The van der Waals surface area contributed by atoms with Crippen molar-refractivity contribution in [3.8, 4) is 0 Å². The summed E-state index contributed by atoms with van der Waals surface area (Å²) < 4.78 is 37.8. The molecule has 2 aromatic rings. The van der Waals surface area contributed by atoms with Gasteiger partial charge in [0, 0.05) is 62.3 Å². The molecule has 1 amide bonds. The van der Waals surface area contributed by atoms with Crippen molar-refractivity contribution < 1.29 is 18.0 Å². The predicted octanol–water partition coefficient (Wildman–Crippen LogP) is 6.84. The van der Waals surface area contributed by atoms with E-state index in [4.69, 9.17) is 0 Å². The van der Waals surface area contributed by atoms with Gasteiger partial charge in [-0.25, -0.2) is 0 Å². The number of rotatable bonds is 7. The molecular formula is C31H42F3N3OS. The number of anilines is 1. The molecule has 0 aliphatic carbocycles. The Bertz CT molecular complexity index is 1070. The Morgan fingerprint density at radius 2 is 1.59 bits per heavy atom. The van der Waals surface area contributed by atoms with Crippen LogP contribution in [0.3, 0.4) is 0 Å². The summed E-state index contributed by atoms with van der Waals surface area (Å²) in [7, 11) is 0. The van der Waals surface area contributed by atoms with Gasteiger partial charge in [0.2, 0.25) is 5.91 Å². The average molecular weight is 562 g/mol. The highest BCUT2D eigenvalue weighted by atomic mass is 32.2. The van der Waals surface area contributed by atoms with Crippen LogP contribution in [0.4, 0.5) is 18.9 Å². The van der Waals surface area contributed by atoms with Crippen molar-refractivity contribution in [2.45, 2.75) is 62.8 Å². The van der Waals surface area contributed by atoms with Gasteiger partial charge in [0.15, 0.2) is 0 Å². The lowest BCUT2D eigenvalue weighted by Gasteiger charge is -2.39. The minimum Gasteiger partial charge on any atom is -0.369 e. The summed E-state index contributed by atoms with van der Waals surface area (Å²) in [4.78, 5) is 20.4. The second kappa shape index (κ2) is 12.5. The summed E-state index contributed by atoms with van der Waals surface area (Å²) in [5.41, 5.74) is -0.484. The maximum Gasteiger partial charge on any atom is 0.446 e. The fraction of sp³-hybridized carbons (Fsp3) is 0.581. The minimum absolute atomic E-state index is 0.0555. The van der Waals surface area contributed by atoms with E-state index < -0.39 is 5.51 Å². The number of nitrogens with zero attached hydrogens (tertiary/aromatic N) is 3. The van der Waals surface area contributed by atoms with E-state index in [-0.39, 0.29) is 33.9 Å². The van der Waals surface area contributed by atoms with Crippen LogP contribution in [0.15, 0.2) is 53.4 Å². The summed E-state index contributed by atoms with van der Waals surface area (Å²) in [6.45, 7) is 14.8. The van der Waals surface area contributed by atoms with Crippen molar-refractivity contribution in [1.82, 2.24) is 9.80 Å². The molecule has 2 heterocycles. The van der Waals surface area contributed by atoms with Crippen molar-refractivity contribution in [3.63, 3.8) is 0 Å². The Labute approximate surface area is 235 Å². The number of piperidine rings is 1. The van der Waals surface area contributed by atoms with Crippen LogP contribution in [-0.4, -0.2) is 67.0 Å². The second-order valence-electron chi connectivity index (χ2n) is 12.2. The lowest BCUT2D eigenvalue weighted by atomic mass is 9.87. The topological polar surface area (TPSA) is 26.8 Å². The number of benzene rings is 2. The van der Waals surface area contributed by atoms with Crippen molar-refractivity contribution in [3.05, 3.63) is 59.7 Å². The third kappa shape index (κ3) is 8.65. The number of carbonyl (C=O) groups is 1. The Morgan fingerprint density at radius 3 is 2.18 bits per heavy atom. The number of amides is 1. The fourth-order valence-electron chi connectivity index (χ4n) is 5.73. The van der Waals surface area contributed by atoms with Crippen LogP contribution < -0.4 is 4.90 Å². The monoisotopic (exact) mass is 561 g/mol. The molecule has 0 aromatic heterocycles. The first-order chi connectivity index (χ1) is 18.4. The van der Waals surface area contributed by atoms with E-state index >= 15 is 0 Å². The largest absolute Gasteiger partial charge is 0.446 e. The molecule has 4 rings (SSSR count). The zero-order chi connectivity index (χ0) is 28.2. The molecule has 0 bridgehead atoms. The summed E-state index contributed by atoms with van der Waals surface area (Å²) in [6.07, 6.45) is 2.79. The molecule has 2 aromatic carbocycles. The van der Waals surface area contributed by atoms with E-state index in [0.29, 0.717) is 5.92 Å². The van der Waals surface area contributed by atoms with Crippen LogP contribution in [0.5, 0.6) is 0 Å². The molecule has 0 spiro atoms. The van der Waals surface area contributed by atoms with Gasteiger partial charge in [-0.2, -0.15) is 13.2 Å². The van der Waals surface area contributed by atoms with Crippen molar-refractivity contribution >= 4 is 23.4 Å². The summed E-state index contributed by atoms with van der Waals surface area (Å²) >= 11 is -0.0823. The molecule has 2 aliphatic heterocycles. The number of halogens is 3. The predicted molar refractivity (Wildman–Crippen MR) is 154 cm³/mol. The van der Waals surface area contributed by atoms with E-state index in [9.17, 15) is 18.0 Å². The van der Waals surface area contributed by atoms with Crippen LogP contribution in [0.25, 0.3) is 0 Å². The first kappa shape index (κ1) is 29.8. The van der Waals surface area contributed by atoms with Gasteiger partial charge in [0.05, 0.1) is 0 Å². The number of hydrogen-bond donors (Lipinski definition) is 0. The molecular weight excluding hydrogens is 519 g/mol. The standard InChI is InChI=1S/C31H42F3N3OS/c1-23(21-35-16-18-36(19-17-35)27-11-9-26(10-12-27)30(2,3)4)29(38)37-15-5-6-25(22-37)20-24-7-13-28(14-8-24)39-31(32,33)34/h7-14,23,25H,5-6,15-22H2,1-4H3/t23?,25-/m1/s1. The first-order valence-corrected chi connectivity index (χ1v) is 14.9. The highest BCUT2D eigenvalue weighted by molar-refractivity contribution is 8.00. The van der Waals surface area contributed by atoms with Gasteiger partial charge in [-0.05, 0) is 77.7 Å². The number of likely N-dealkylation sites (tertiary alicyclic amines) is 1. The van der Waals surface area contributed by atoms with Crippen molar-refractivity contribution in [2.24, 2.45) is 11.8 Å². The van der Waals surface area contributed by atoms with Gasteiger partial charge >= 0.3 is 5.51 Å². The van der Waals surface area contributed by atoms with Crippen LogP contribution in [0, 0.1) is 11.8 Å². The molecule has 214 valence electrons. The third-order valence-corrected chi connectivity index (χ3v) is 8.68. The van der Waals surface area contributed by atoms with Gasteiger partial charge in [-0.3, -0.25) is 9.69 Å². The number of hydrogen-bond acceptors (Lipinski definition) is 4. The Balaban J connectivity index is 1.23. The maximum absolute atomic E-state index is 13.3. The lowest BCUT2D eigenvalue weighted by Crippen LogP contribution is -2.50. The molecule has 2 fully saturated rings. The number of thioether (sulfide) groups is 1. The van der Waals surface area contributed by atoms with Crippen LogP contribution >= 0.6 is 11.8 Å². The minimum atomic E-state index is -4.27. The zero-order valence-corrected chi connectivity index (χ0v) is 24.5. The van der Waals surface area contributed by atoms with Gasteiger partial charge in [-0.15, -0.1) is 0 Å². The number of alkyl halides is 3. The first-order valence-electron chi connectivity index (χ1n) is 14.1. The molecule has 39 heavy (non-hydrogen) atoms. The second-order valence-corrected chi connectivity index (χ2v) is 13.3. The van der Waals surface area contributed by atoms with E-state index in [1.54, 1.807) is 24.3 Å². The third-order valence-electron chi connectivity index (χ3n) is 7.94. The summed E-state index contributed by atoms with van der Waals surface area (Å²) in [5.74, 6) is 0.501. The van der Waals surface area contributed by atoms with Gasteiger partial charge in [0.25, 0.3) is 0 Å². The molecule has 0 saturated carbocycles. The molecule has 4 nitrogen and oxygen atoms in total. The molecule has 0 N–H and O–H groups in total. The Hall–Kier alpha value is -2.19. The molecule has 2 saturated heterocycles. The van der Waals surface area contributed by atoms with Crippen LogP contribution in [0.2, 0.25) is 0 Å². The molecule has 2 aliphatic rings. The van der Waals surface area contributed by atoms with Crippen molar-refractivity contribution in [2.75, 3.05) is 50.7 Å². The van der Waals surface area contributed by atoms with E-state index in [1.165, 1.54) is 11.3 Å². The molecule has 2 atom stereocenters. The van der Waals surface area contributed by atoms with Crippen LogP contribution in [0.1, 0.15) is 51.7 Å². The number of carbonyl (C=O) groups excluding carboxylic acids is 1. The Kier molecular flexibility index (Phi) is 9.58. The maximum atomic E-state index is 13.3. The van der Waals surface area contributed by atoms with Crippen LogP contribution in [-0.2, 0) is 16.6 Å². The van der Waals surface area contributed by atoms with E-state index in [2.05, 4.69) is 54.8 Å². The molecule has 8 heteroatoms. The normalized spacial score (nSPS) is 20.2. The SMILES string of the molecule is CC(CN1CCN(c2ccc(C(C)(C)C)cc2)CC1)C(=O)N1CCC[C@H](Cc2ccc(SC(F)(F)F)cc2)C1. The quantitative estimate of drug-likeness (QED) is 0.346. The average Bonchev–Trinajstić information content (AvgIpc) is 2.89. The fourth-order valence-corrected chi connectivity index (χ4v) is 6.27. The van der Waals surface area contributed by atoms with E-state index in [1.807, 2.05) is 11.8 Å². The Morgan fingerprint density at radius 1 is 0.949 bits per heavy atom.